The third-order valence-corrected chi connectivity index (χ3v) is 15.4. The van der Waals surface area contributed by atoms with Gasteiger partial charge in [0, 0.05) is 119 Å². The van der Waals surface area contributed by atoms with E-state index in [-0.39, 0.29) is 59.8 Å². The molecule has 6 heterocycles. The normalized spacial score (nSPS) is 23.2. The molecule has 4 fully saturated rings. The molecule has 0 radical (unpaired) electrons. The predicted molar refractivity (Wildman–Crippen MR) is 267 cm³/mol. The Kier molecular flexibility index (Phi) is 15.4. The van der Waals surface area contributed by atoms with Gasteiger partial charge in [-0.15, -0.1) is 0 Å². The maximum atomic E-state index is 14.6. The lowest BCUT2D eigenvalue weighted by atomic mass is 9.74. The van der Waals surface area contributed by atoms with Crippen molar-refractivity contribution in [3.05, 3.63) is 69.3 Å². The average molecular weight is 964 g/mol. The SMILES string of the molecule is CN=CC(=CN)c1cc2c(cc1C(F)F)N(C(=N)C1(C)CN(C(C)=O)CCC1NC1CCN(C(=O)CCCN3CCC(C#Cc4ccc5c(c4)n(C)c(=O)n5C4CCC(=O)NC4=O)CC3)CC1)CCC2. The number of nitrogens with zero attached hydrogens (tertiary/aromatic N) is 7. The summed E-state index contributed by atoms with van der Waals surface area (Å²) in [6.45, 7) is 8.85. The first-order chi connectivity index (χ1) is 33.6. The van der Waals surface area contributed by atoms with Crippen molar-refractivity contribution >= 4 is 58.0 Å². The number of carbonyl (C=O) groups is 4. The standard InChI is InChI=1S/C52H67F2N11O5/c1-33(66)63-26-19-45(52(2,32-63)50(56)64-21-5-7-36-28-39(37(30-55)31-57-3)40(48(53)54)29-43(36)64)58-38-17-24-62(25-18-38)47(68)8-6-20-61-22-15-34(16-23-61)9-10-35-11-12-41-44(27-35)60(4)51(70)65(41)42-13-14-46(67)59-49(42)69/h11-12,27-31,34,38,42,45,48,56,58H,5-8,13-26,32,55H2,1-4H3,(H,59,67,69). The Balaban J connectivity index is 0.817. The lowest BCUT2D eigenvalue weighted by Gasteiger charge is -2.51. The van der Waals surface area contributed by atoms with Crippen molar-refractivity contribution in [2.75, 3.05) is 64.3 Å². The number of rotatable bonds is 11. The summed E-state index contributed by atoms with van der Waals surface area (Å²) in [6.07, 6.45) is 7.14. The molecule has 16 nitrogen and oxygen atoms in total. The fourth-order valence-corrected chi connectivity index (χ4v) is 11.3. The fraction of sp³-hybridized carbons (Fsp3) is 0.558. The Morgan fingerprint density at radius 3 is 2.41 bits per heavy atom. The highest BCUT2D eigenvalue weighted by Crippen LogP contribution is 2.41. The van der Waals surface area contributed by atoms with Gasteiger partial charge in [-0.1, -0.05) is 11.8 Å². The number of imide groups is 1. The van der Waals surface area contributed by atoms with Gasteiger partial charge >= 0.3 is 5.69 Å². The Hall–Kier alpha value is -6.19. The number of piperidine rings is 4. The number of aromatic nitrogens is 2. The minimum atomic E-state index is -2.77. The van der Waals surface area contributed by atoms with E-state index in [0.29, 0.717) is 85.7 Å². The molecular formula is C52H67F2N11O5. The number of imidazole rings is 1. The summed E-state index contributed by atoms with van der Waals surface area (Å²) in [5.41, 5.74) is 8.86. The molecule has 4 amide bonds. The van der Waals surface area contributed by atoms with Crippen LogP contribution in [0.25, 0.3) is 16.6 Å². The predicted octanol–water partition coefficient (Wildman–Crippen LogP) is 4.74. The lowest BCUT2D eigenvalue weighted by molar-refractivity contribution is -0.136. The van der Waals surface area contributed by atoms with Crippen LogP contribution in [-0.2, 0) is 32.6 Å². The van der Waals surface area contributed by atoms with E-state index in [0.717, 1.165) is 69.3 Å². The first-order valence-electron chi connectivity index (χ1n) is 24.8. The molecule has 1 aromatic heterocycles. The highest BCUT2D eigenvalue weighted by Gasteiger charge is 2.47. The molecule has 0 spiro atoms. The number of likely N-dealkylation sites (tertiary alicyclic amines) is 3. The van der Waals surface area contributed by atoms with Gasteiger partial charge in [0.2, 0.25) is 23.6 Å². The molecule has 4 saturated heterocycles. The maximum Gasteiger partial charge on any atom is 0.329 e. The number of amides is 4. The van der Waals surface area contributed by atoms with Gasteiger partial charge in [-0.25, -0.2) is 13.6 Å². The Morgan fingerprint density at radius 2 is 1.73 bits per heavy atom. The molecule has 0 saturated carbocycles. The molecule has 5 N–H and O–H groups in total. The number of aliphatic imine (C=N–C) groups is 1. The van der Waals surface area contributed by atoms with Gasteiger partial charge in [0.05, 0.1) is 16.4 Å². The second-order valence-electron chi connectivity index (χ2n) is 19.9. The number of amidine groups is 1. The number of nitrogens with two attached hydrogens (primary N) is 1. The van der Waals surface area contributed by atoms with Gasteiger partial charge in [0.25, 0.3) is 6.43 Å². The third-order valence-electron chi connectivity index (χ3n) is 15.4. The summed E-state index contributed by atoms with van der Waals surface area (Å²) in [7, 11) is 3.24. The van der Waals surface area contributed by atoms with Crippen LogP contribution in [0.3, 0.4) is 0 Å². The highest BCUT2D eigenvalue weighted by atomic mass is 19.3. The Morgan fingerprint density at radius 1 is 0.986 bits per heavy atom. The van der Waals surface area contributed by atoms with Gasteiger partial charge in [-0.05, 0) is 126 Å². The summed E-state index contributed by atoms with van der Waals surface area (Å²) < 4.78 is 32.3. The van der Waals surface area contributed by atoms with Crippen molar-refractivity contribution in [2.45, 2.75) is 109 Å². The first kappa shape index (κ1) is 50.2. The van der Waals surface area contributed by atoms with E-state index in [9.17, 15) is 38.2 Å². The summed E-state index contributed by atoms with van der Waals surface area (Å²) in [5, 5.41) is 16.0. The maximum absolute atomic E-state index is 14.6. The number of hydrogen-bond donors (Lipinski definition) is 4. The summed E-state index contributed by atoms with van der Waals surface area (Å²) in [4.78, 5) is 75.7. The largest absolute Gasteiger partial charge is 0.404 e. The molecule has 8 rings (SSSR count). The zero-order valence-electron chi connectivity index (χ0n) is 40.9. The molecule has 2 aromatic carbocycles. The van der Waals surface area contributed by atoms with Crippen molar-refractivity contribution in [1.82, 2.24) is 34.5 Å². The second kappa shape index (κ2) is 21.4. The minimum absolute atomic E-state index is 0.0635. The van der Waals surface area contributed by atoms with Crippen LogP contribution >= 0.6 is 0 Å². The number of fused-ring (bicyclic) bond motifs is 2. The number of allylic oxidation sites excluding steroid dienone is 1. The van der Waals surface area contributed by atoms with Gasteiger partial charge in [0.1, 0.15) is 11.9 Å². The van der Waals surface area contributed by atoms with E-state index in [1.165, 1.54) is 27.6 Å². The van der Waals surface area contributed by atoms with E-state index in [2.05, 4.69) is 32.4 Å². The van der Waals surface area contributed by atoms with E-state index >= 15 is 0 Å². The van der Waals surface area contributed by atoms with Crippen LogP contribution < -0.4 is 27.0 Å². The van der Waals surface area contributed by atoms with Crippen molar-refractivity contribution in [1.29, 1.82) is 5.41 Å². The smallest absolute Gasteiger partial charge is 0.329 e. The summed E-state index contributed by atoms with van der Waals surface area (Å²) in [5.74, 6) is 6.59. The lowest BCUT2D eigenvalue weighted by Crippen LogP contribution is -2.65. The van der Waals surface area contributed by atoms with E-state index in [1.807, 2.05) is 34.9 Å². The Labute approximate surface area is 408 Å². The van der Waals surface area contributed by atoms with Gasteiger partial charge in [-0.3, -0.25) is 44.0 Å². The number of benzene rings is 2. The van der Waals surface area contributed by atoms with Crippen molar-refractivity contribution in [3.8, 4) is 11.8 Å². The summed E-state index contributed by atoms with van der Waals surface area (Å²) in [6, 6.07) is 8.07. The van der Waals surface area contributed by atoms with Crippen LogP contribution in [0.2, 0.25) is 0 Å². The number of nitrogens with one attached hydrogen (secondary N) is 3. The number of aryl methyl sites for hydroxylation is 2. The number of carbonyl (C=O) groups excluding carboxylic acids is 4. The summed E-state index contributed by atoms with van der Waals surface area (Å²) >= 11 is 0. The molecule has 0 bridgehead atoms. The highest BCUT2D eigenvalue weighted by molar-refractivity contribution is 6.11. The van der Waals surface area contributed by atoms with Crippen LogP contribution in [0.5, 0.6) is 0 Å². The molecular weight excluding hydrogens is 897 g/mol. The Bertz CT molecular complexity index is 2700. The quantitative estimate of drug-likeness (QED) is 0.0910. The van der Waals surface area contributed by atoms with E-state index in [4.69, 9.17) is 5.73 Å². The molecule has 3 atom stereocenters. The molecule has 5 aliphatic heterocycles. The fourth-order valence-electron chi connectivity index (χ4n) is 11.3. The average Bonchev–Trinajstić information content (AvgIpc) is 3.60. The molecule has 18 heteroatoms. The number of anilines is 1. The number of hydrogen-bond acceptors (Lipinski definition) is 10. The van der Waals surface area contributed by atoms with Gasteiger partial charge in [0.15, 0.2) is 0 Å². The molecule has 0 aliphatic carbocycles. The van der Waals surface area contributed by atoms with E-state index in [1.54, 1.807) is 32.0 Å². The topological polar surface area (TPSA) is 194 Å². The molecule has 374 valence electrons. The number of alkyl halides is 2. The second-order valence-corrected chi connectivity index (χ2v) is 19.9. The first-order valence-corrected chi connectivity index (χ1v) is 24.8. The van der Waals surface area contributed by atoms with Crippen molar-refractivity contribution < 1.29 is 28.0 Å². The molecule has 3 unspecified atom stereocenters. The van der Waals surface area contributed by atoms with Crippen LogP contribution in [0, 0.1) is 28.6 Å². The van der Waals surface area contributed by atoms with Crippen LogP contribution in [0.1, 0.15) is 113 Å². The van der Waals surface area contributed by atoms with E-state index < -0.39 is 23.8 Å². The molecule has 5 aliphatic rings. The van der Waals surface area contributed by atoms with Crippen molar-refractivity contribution in [2.24, 2.45) is 29.1 Å². The van der Waals surface area contributed by atoms with Crippen LogP contribution in [0.4, 0.5) is 14.5 Å². The zero-order valence-corrected chi connectivity index (χ0v) is 40.9. The minimum Gasteiger partial charge on any atom is -0.404 e. The zero-order chi connectivity index (χ0) is 49.9. The van der Waals surface area contributed by atoms with Gasteiger partial charge < -0.3 is 30.7 Å². The third kappa shape index (κ3) is 10.5. The van der Waals surface area contributed by atoms with Crippen LogP contribution in [0.15, 0.2) is 46.3 Å². The molecule has 70 heavy (non-hydrogen) atoms. The van der Waals surface area contributed by atoms with Crippen LogP contribution in [-0.4, -0.2) is 131 Å². The molecule has 3 aromatic rings. The number of halogens is 2. The monoisotopic (exact) mass is 964 g/mol. The van der Waals surface area contributed by atoms with Crippen molar-refractivity contribution in [3.63, 3.8) is 0 Å². The van der Waals surface area contributed by atoms with Gasteiger partial charge in [-0.2, -0.15) is 0 Å².